The van der Waals surface area contributed by atoms with Crippen LogP contribution in [0.2, 0.25) is 0 Å². The van der Waals surface area contributed by atoms with Crippen molar-refractivity contribution >= 4 is 0 Å². The van der Waals surface area contributed by atoms with E-state index in [1.807, 2.05) is 31.5 Å². The Kier molecular flexibility index (Phi) is 2.18. The number of hydrogen-bond acceptors (Lipinski definition) is 2. The second-order valence-electron chi connectivity index (χ2n) is 3.27. The lowest BCUT2D eigenvalue weighted by molar-refractivity contribution is 0.546. The maximum Gasteiger partial charge on any atom is 0.0934 e. The van der Waals surface area contributed by atoms with E-state index in [0.29, 0.717) is 0 Å². The highest BCUT2D eigenvalue weighted by atomic mass is 15.3. The number of rotatable bonds is 2. The third-order valence-electron chi connectivity index (χ3n) is 1.94. The van der Waals surface area contributed by atoms with Gasteiger partial charge in [0.1, 0.15) is 0 Å². The van der Waals surface area contributed by atoms with E-state index in [9.17, 15) is 0 Å². The van der Waals surface area contributed by atoms with Gasteiger partial charge in [-0.3, -0.25) is 4.68 Å². The molecule has 1 rings (SSSR count). The first kappa shape index (κ1) is 8.79. The standard InChI is InChI=1S/C9H13N3/c1-4-12-8(5-6-11-12)9(2,3)7-10/h5-6H,4H2,1-3H3. The highest BCUT2D eigenvalue weighted by molar-refractivity contribution is 5.22. The van der Waals surface area contributed by atoms with Crippen LogP contribution in [0.5, 0.6) is 0 Å². The number of aromatic nitrogens is 2. The van der Waals surface area contributed by atoms with Crippen molar-refractivity contribution in [3.05, 3.63) is 18.0 Å². The van der Waals surface area contributed by atoms with Gasteiger partial charge in [0.2, 0.25) is 0 Å². The van der Waals surface area contributed by atoms with Gasteiger partial charge in [0.15, 0.2) is 0 Å². The van der Waals surface area contributed by atoms with Gasteiger partial charge in [0.05, 0.1) is 17.2 Å². The molecule has 0 radical (unpaired) electrons. The lowest BCUT2D eigenvalue weighted by Crippen LogP contribution is -2.19. The van der Waals surface area contributed by atoms with Crippen LogP contribution in [0, 0.1) is 11.3 Å². The lowest BCUT2D eigenvalue weighted by Gasteiger charge is -2.16. The Labute approximate surface area is 72.6 Å². The minimum absolute atomic E-state index is 0.438. The highest BCUT2D eigenvalue weighted by Crippen LogP contribution is 2.21. The maximum absolute atomic E-state index is 8.89. The molecule has 3 heteroatoms. The van der Waals surface area contributed by atoms with Crippen molar-refractivity contribution in [3.8, 4) is 6.07 Å². The molecular weight excluding hydrogens is 150 g/mol. The number of nitriles is 1. The molecule has 0 saturated heterocycles. The average Bonchev–Trinajstić information content (AvgIpc) is 2.52. The van der Waals surface area contributed by atoms with E-state index < -0.39 is 5.41 Å². The third-order valence-corrected chi connectivity index (χ3v) is 1.94. The van der Waals surface area contributed by atoms with Crippen molar-refractivity contribution in [1.82, 2.24) is 9.78 Å². The van der Waals surface area contributed by atoms with Crippen LogP contribution in [0.4, 0.5) is 0 Å². The summed E-state index contributed by atoms with van der Waals surface area (Å²) in [5.74, 6) is 0. The predicted octanol–water partition coefficient (Wildman–Crippen LogP) is 1.70. The summed E-state index contributed by atoms with van der Waals surface area (Å²) in [6.45, 7) is 6.63. The minimum Gasteiger partial charge on any atom is -0.268 e. The molecule has 0 N–H and O–H groups in total. The molecule has 0 saturated carbocycles. The Hall–Kier alpha value is -1.30. The zero-order valence-corrected chi connectivity index (χ0v) is 7.70. The van der Waals surface area contributed by atoms with Gasteiger partial charge >= 0.3 is 0 Å². The van der Waals surface area contributed by atoms with Crippen molar-refractivity contribution in [2.75, 3.05) is 0 Å². The van der Waals surface area contributed by atoms with E-state index in [1.54, 1.807) is 6.20 Å². The fraction of sp³-hybridized carbons (Fsp3) is 0.556. The summed E-state index contributed by atoms with van der Waals surface area (Å²) in [5, 5.41) is 13.0. The fourth-order valence-electron chi connectivity index (χ4n) is 1.17. The molecule has 12 heavy (non-hydrogen) atoms. The summed E-state index contributed by atoms with van der Waals surface area (Å²) in [6, 6.07) is 4.15. The van der Waals surface area contributed by atoms with Crippen molar-refractivity contribution in [2.24, 2.45) is 0 Å². The maximum atomic E-state index is 8.89. The summed E-state index contributed by atoms with van der Waals surface area (Å²) in [6.07, 6.45) is 1.73. The highest BCUT2D eigenvalue weighted by Gasteiger charge is 2.23. The third kappa shape index (κ3) is 1.33. The summed E-state index contributed by atoms with van der Waals surface area (Å²) in [5.41, 5.74) is 0.541. The monoisotopic (exact) mass is 163 g/mol. The molecule has 0 atom stereocenters. The van der Waals surface area contributed by atoms with Crippen LogP contribution in [-0.4, -0.2) is 9.78 Å². The zero-order chi connectivity index (χ0) is 9.19. The number of nitrogens with zero attached hydrogens (tertiary/aromatic N) is 3. The van der Waals surface area contributed by atoms with Crippen molar-refractivity contribution in [2.45, 2.75) is 32.7 Å². The van der Waals surface area contributed by atoms with Crippen LogP contribution >= 0.6 is 0 Å². The van der Waals surface area contributed by atoms with Crippen LogP contribution in [0.25, 0.3) is 0 Å². The van der Waals surface area contributed by atoms with Crippen LogP contribution in [0.15, 0.2) is 12.3 Å². The molecule has 1 heterocycles. The van der Waals surface area contributed by atoms with Crippen molar-refractivity contribution < 1.29 is 0 Å². The molecule has 1 aromatic rings. The van der Waals surface area contributed by atoms with Gasteiger partial charge in [-0.25, -0.2) is 0 Å². The molecule has 0 aliphatic rings. The molecule has 0 fully saturated rings. The number of aryl methyl sites for hydroxylation is 1. The predicted molar refractivity (Wildman–Crippen MR) is 46.5 cm³/mol. The van der Waals surface area contributed by atoms with Gasteiger partial charge in [-0.15, -0.1) is 0 Å². The van der Waals surface area contributed by atoms with E-state index in [2.05, 4.69) is 11.2 Å². The Morgan fingerprint density at radius 1 is 1.67 bits per heavy atom. The van der Waals surface area contributed by atoms with Crippen LogP contribution < -0.4 is 0 Å². The van der Waals surface area contributed by atoms with Crippen LogP contribution in [0.3, 0.4) is 0 Å². The molecule has 0 spiro atoms. The first-order chi connectivity index (χ1) is 5.61. The first-order valence-electron chi connectivity index (χ1n) is 4.05. The van der Waals surface area contributed by atoms with Gasteiger partial charge in [-0.1, -0.05) is 0 Å². The first-order valence-corrected chi connectivity index (χ1v) is 4.05. The molecule has 0 bridgehead atoms. The van der Waals surface area contributed by atoms with Crippen LogP contribution in [0.1, 0.15) is 26.5 Å². The molecule has 64 valence electrons. The summed E-state index contributed by atoms with van der Waals surface area (Å²) >= 11 is 0. The molecule has 0 unspecified atom stereocenters. The lowest BCUT2D eigenvalue weighted by atomic mass is 9.91. The molecule has 3 nitrogen and oxygen atoms in total. The smallest absolute Gasteiger partial charge is 0.0934 e. The summed E-state index contributed by atoms with van der Waals surface area (Å²) in [4.78, 5) is 0. The Morgan fingerprint density at radius 2 is 2.33 bits per heavy atom. The molecule has 0 aliphatic carbocycles. The van der Waals surface area contributed by atoms with E-state index in [4.69, 9.17) is 5.26 Å². The van der Waals surface area contributed by atoms with Gasteiger partial charge in [-0.2, -0.15) is 10.4 Å². The second kappa shape index (κ2) is 2.98. The molecule has 1 aromatic heterocycles. The number of hydrogen-bond donors (Lipinski definition) is 0. The van der Waals surface area contributed by atoms with E-state index in [1.165, 1.54) is 0 Å². The largest absolute Gasteiger partial charge is 0.268 e. The molecule has 0 amide bonds. The fourth-order valence-corrected chi connectivity index (χ4v) is 1.17. The normalized spacial score (nSPS) is 11.2. The van der Waals surface area contributed by atoms with Gasteiger partial charge < -0.3 is 0 Å². The van der Waals surface area contributed by atoms with Crippen molar-refractivity contribution in [1.29, 1.82) is 5.26 Å². The zero-order valence-electron chi connectivity index (χ0n) is 7.70. The molecular formula is C9H13N3. The Morgan fingerprint density at radius 3 is 2.83 bits per heavy atom. The topological polar surface area (TPSA) is 41.6 Å². The summed E-state index contributed by atoms with van der Waals surface area (Å²) < 4.78 is 1.85. The molecule has 0 aliphatic heterocycles. The van der Waals surface area contributed by atoms with E-state index in [0.717, 1.165) is 12.2 Å². The van der Waals surface area contributed by atoms with E-state index in [-0.39, 0.29) is 0 Å². The van der Waals surface area contributed by atoms with Crippen molar-refractivity contribution in [3.63, 3.8) is 0 Å². The SMILES string of the molecule is CCn1nccc1C(C)(C)C#N. The minimum atomic E-state index is -0.438. The molecule has 0 aromatic carbocycles. The van der Waals surface area contributed by atoms with Gasteiger partial charge in [-0.05, 0) is 26.8 Å². The quantitative estimate of drug-likeness (QED) is 0.666. The summed E-state index contributed by atoms with van der Waals surface area (Å²) in [7, 11) is 0. The Balaban J connectivity index is 3.11. The van der Waals surface area contributed by atoms with Gasteiger partial charge in [0, 0.05) is 12.7 Å². The van der Waals surface area contributed by atoms with Crippen LogP contribution in [-0.2, 0) is 12.0 Å². The average molecular weight is 163 g/mol. The van der Waals surface area contributed by atoms with Gasteiger partial charge in [0.25, 0.3) is 0 Å². The van der Waals surface area contributed by atoms with E-state index >= 15 is 0 Å². The Bertz CT molecular complexity index is 304. The second-order valence-corrected chi connectivity index (χ2v) is 3.27.